The highest BCUT2D eigenvalue weighted by Gasteiger charge is 2.58. The molecule has 4 nitrogen and oxygen atoms in total. The third kappa shape index (κ3) is 4.21. The van der Waals surface area contributed by atoms with Gasteiger partial charge in [-0.25, -0.2) is 9.59 Å². The molecule has 2 atom stereocenters. The molecule has 0 bridgehead atoms. The van der Waals surface area contributed by atoms with Gasteiger partial charge in [0.15, 0.2) is 11.2 Å². The van der Waals surface area contributed by atoms with Crippen molar-refractivity contribution in [1.82, 2.24) is 0 Å². The van der Waals surface area contributed by atoms with Gasteiger partial charge in [0, 0.05) is 45.2 Å². The second-order valence-corrected chi connectivity index (χ2v) is 15.3. The van der Waals surface area contributed by atoms with Gasteiger partial charge in [0.25, 0.3) is 0 Å². The van der Waals surface area contributed by atoms with Gasteiger partial charge < -0.3 is 9.47 Å². The zero-order chi connectivity index (χ0) is 35.5. The maximum absolute atomic E-state index is 13.5. The minimum Gasteiger partial charge on any atom is -0.446 e. The largest absolute Gasteiger partial charge is 0.446 e. The fourth-order valence-electron chi connectivity index (χ4n) is 9.27. The lowest BCUT2D eigenvalue weighted by atomic mass is 9.81. The first-order chi connectivity index (χ1) is 25.2. The summed E-state index contributed by atoms with van der Waals surface area (Å²) in [5.74, 6) is -0.383. The van der Waals surface area contributed by atoms with Gasteiger partial charge in [0.2, 0.25) is 0 Å². The zero-order valence-electron chi connectivity index (χ0n) is 29.4. The molecule has 0 heterocycles. The summed E-state index contributed by atoms with van der Waals surface area (Å²) in [6, 6.07) is 38.8. The van der Waals surface area contributed by atoms with Gasteiger partial charge in [-0.05, 0) is 113 Å². The van der Waals surface area contributed by atoms with Crippen LogP contribution >= 0.6 is 0 Å². The van der Waals surface area contributed by atoms with Crippen LogP contribution in [0, 0.1) is 11.8 Å². The van der Waals surface area contributed by atoms with Crippen molar-refractivity contribution in [2.24, 2.45) is 11.8 Å². The van der Waals surface area contributed by atoms with E-state index in [0.717, 1.165) is 103 Å². The van der Waals surface area contributed by atoms with Gasteiger partial charge >= 0.3 is 11.9 Å². The molecule has 6 aromatic carbocycles. The van der Waals surface area contributed by atoms with Crippen molar-refractivity contribution in [3.63, 3.8) is 0 Å². The molecule has 4 aliphatic rings. The molecular formula is C48H38O4. The molecule has 0 N–H and O–H groups in total. The monoisotopic (exact) mass is 678 g/mol. The maximum Gasteiger partial charge on any atom is 0.334 e. The Labute approximate surface area is 303 Å². The first-order valence-corrected chi connectivity index (χ1v) is 18.3. The van der Waals surface area contributed by atoms with E-state index in [2.05, 4.69) is 116 Å². The quantitative estimate of drug-likeness (QED) is 0.125. The van der Waals surface area contributed by atoms with E-state index in [9.17, 15) is 9.59 Å². The van der Waals surface area contributed by atoms with Crippen molar-refractivity contribution in [3.05, 3.63) is 156 Å². The third-order valence-corrected chi connectivity index (χ3v) is 11.9. The Balaban J connectivity index is 1.20. The predicted molar refractivity (Wildman–Crippen MR) is 207 cm³/mol. The van der Waals surface area contributed by atoms with Crippen molar-refractivity contribution in [2.75, 3.05) is 0 Å². The summed E-state index contributed by atoms with van der Waals surface area (Å²) in [5, 5.41) is 4.44. The minimum atomic E-state index is -0.911. The third-order valence-electron chi connectivity index (χ3n) is 11.9. The van der Waals surface area contributed by atoms with Gasteiger partial charge in [-0.15, -0.1) is 0 Å². The van der Waals surface area contributed by atoms with Crippen molar-refractivity contribution < 1.29 is 19.1 Å². The Morgan fingerprint density at radius 3 is 1.83 bits per heavy atom. The number of hydrogen-bond donors (Lipinski definition) is 0. The summed E-state index contributed by atoms with van der Waals surface area (Å²) in [4.78, 5) is 27.0. The zero-order valence-corrected chi connectivity index (χ0v) is 29.4. The molecule has 10 rings (SSSR count). The van der Waals surface area contributed by atoms with E-state index < -0.39 is 11.2 Å². The van der Waals surface area contributed by atoms with E-state index >= 15 is 0 Å². The van der Waals surface area contributed by atoms with E-state index in [1.165, 1.54) is 0 Å². The van der Waals surface area contributed by atoms with E-state index in [1.807, 2.05) is 6.07 Å². The lowest BCUT2D eigenvalue weighted by Gasteiger charge is -2.33. The fourth-order valence-corrected chi connectivity index (χ4v) is 9.27. The van der Waals surface area contributed by atoms with Crippen LogP contribution in [0.3, 0.4) is 0 Å². The van der Waals surface area contributed by atoms with Gasteiger partial charge in [-0.3, -0.25) is 0 Å². The lowest BCUT2D eigenvalue weighted by molar-refractivity contribution is -0.154. The van der Waals surface area contributed by atoms with Crippen LogP contribution in [0.2, 0.25) is 0 Å². The van der Waals surface area contributed by atoms with Gasteiger partial charge in [-0.1, -0.05) is 104 Å². The molecular weight excluding hydrogens is 641 g/mol. The molecule has 2 fully saturated rings. The highest BCUT2D eigenvalue weighted by Crippen LogP contribution is 2.63. The summed E-state index contributed by atoms with van der Waals surface area (Å²) in [7, 11) is 0. The van der Waals surface area contributed by atoms with Crippen molar-refractivity contribution in [3.8, 4) is 33.4 Å². The van der Waals surface area contributed by atoms with Gasteiger partial charge in [0.1, 0.15) is 0 Å². The molecule has 0 amide bonds. The average Bonchev–Trinajstić information content (AvgIpc) is 4.11. The van der Waals surface area contributed by atoms with E-state index in [0.29, 0.717) is 11.1 Å². The maximum atomic E-state index is 13.5. The van der Waals surface area contributed by atoms with Crippen molar-refractivity contribution in [1.29, 1.82) is 0 Å². The first-order valence-electron chi connectivity index (χ1n) is 18.3. The van der Waals surface area contributed by atoms with E-state index in [1.54, 1.807) is 13.8 Å². The van der Waals surface area contributed by atoms with Crippen LogP contribution < -0.4 is 0 Å². The Kier molecular flexibility index (Phi) is 6.49. The molecule has 6 aromatic rings. The summed E-state index contributed by atoms with van der Waals surface area (Å²) in [6.07, 6.45) is 3.93. The smallest absolute Gasteiger partial charge is 0.334 e. The van der Waals surface area contributed by atoms with Crippen LogP contribution in [0.4, 0.5) is 0 Å². The van der Waals surface area contributed by atoms with Crippen LogP contribution in [0.5, 0.6) is 0 Å². The number of rotatable bonds is 7. The minimum absolute atomic E-state index is 0.170. The average molecular weight is 679 g/mol. The Hall–Kier alpha value is -5.74. The van der Waals surface area contributed by atoms with Crippen LogP contribution in [0.15, 0.2) is 133 Å². The molecule has 4 heteroatoms. The van der Waals surface area contributed by atoms with Gasteiger partial charge in [-0.2, -0.15) is 0 Å². The molecule has 0 spiro atoms. The summed E-state index contributed by atoms with van der Waals surface area (Å²) >= 11 is 0. The molecule has 2 saturated carbocycles. The van der Waals surface area contributed by atoms with Crippen LogP contribution in [0.25, 0.3) is 54.9 Å². The highest BCUT2D eigenvalue weighted by atomic mass is 16.6. The Morgan fingerprint density at radius 2 is 1.12 bits per heavy atom. The molecule has 2 unspecified atom stereocenters. The van der Waals surface area contributed by atoms with Gasteiger partial charge in [0.05, 0.1) is 0 Å². The number of benzene rings is 6. The molecule has 0 aromatic heterocycles. The number of carbonyl (C=O) groups is 2. The molecule has 0 aliphatic heterocycles. The Morgan fingerprint density at radius 1 is 0.538 bits per heavy atom. The Bertz CT molecular complexity index is 2600. The predicted octanol–water partition coefficient (Wildman–Crippen LogP) is 11.2. The highest BCUT2D eigenvalue weighted by molar-refractivity contribution is 6.05. The van der Waals surface area contributed by atoms with E-state index in [-0.39, 0.29) is 23.8 Å². The summed E-state index contributed by atoms with van der Waals surface area (Å²) in [5.41, 5.74) is 9.74. The normalized spacial score (nSPS) is 20.9. The first kappa shape index (κ1) is 31.0. The van der Waals surface area contributed by atoms with E-state index in [4.69, 9.17) is 9.47 Å². The van der Waals surface area contributed by atoms with Crippen LogP contribution in [-0.2, 0) is 30.3 Å². The summed E-state index contributed by atoms with van der Waals surface area (Å²) < 4.78 is 13.3. The standard InChI is InChI=1S/C48H38O4/c1-27(2)45(49)51-47(32-17-18-32)42-26-31(16-21-37(42)40-24-29-10-5-6-11-30(29)25-43(40)47)34-13-9-14-38-35(34)22-23-39-36-12-7-8-15-41(36)48(44(38)39,33-19-20-33)52-46(50)28(3)4/h5-16,21-26,32-33H,1,3,17-20H2,2,4H3. The number of carbonyl (C=O) groups excluding carboxylic acids is 2. The van der Waals surface area contributed by atoms with Crippen LogP contribution in [0.1, 0.15) is 61.8 Å². The number of esters is 2. The molecule has 52 heavy (non-hydrogen) atoms. The van der Waals surface area contributed by atoms with Crippen molar-refractivity contribution >= 4 is 33.5 Å². The molecule has 254 valence electrons. The van der Waals surface area contributed by atoms with Crippen molar-refractivity contribution in [2.45, 2.75) is 50.7 Å². The topological polar surface area (TPSA) is 52.6 Å². The van der Waals surface area contributed by atoms with Crippen LogP contribution in [-0.4, -0.2) is 11.9 Å². The second kappa shape index (κ2) is 10.9. The number of hydrogen-bond acceptors (Lipinski definition) is 4. The summed E-state index contributed by atoms with van der Waals surface area (Å²) in [6.45, 7) is 11.3. The molecule has 0 saturated heterocycles. The SMILES string of the molecule is C=C(C)C(=O)OC1(C2CC2)c2cc(-c3cccc4c5c(ccc34)-c3ccccc3C5(OC(=O)C(=C)C)C3CC3)ccc2-c2cc3ccccc3cc21. The molecule has 4 aliphatic carbocycles. The fraction of sp³-hybridized carbons (Fsp3) is 0.208. The lowest BCUT2D eigenvalue weighted by Crippen LogP contribution is -2.34. The number of fused-ring (bicyclic) bond motifs is 9. The number of ether oxygens (including phenoxy) is 2. The molecule has 0 radical (unpaired) electrons. The second-order valence-electron chi connectivity index (χ2n) is 15.3.